The normalized spacial score (nSPS) is 10.6. The van der Waals surface area contributed by atoms with E-state index in [0.29, 0.717) is 35.2 Å². The van der Waals surface area contributed by atoms with Gasteiger partial charge in [-0.05, 0) is 41.3 Å². The average molecular weight is 451 g/mol. The maximum atomic E-state index is 12.7. The molecule has 32 heavy (non-hydrogen) atoms. The van der Waals surface area contributed by atoms with Crippen LogP contribution in [-0.4, -0.2) is 42.4 Å². The molecule has 0 atom stereocenters. The van der Waals surface area contributed by atoms with E-state index in [-0.39, 0.29) is 5.91 Å². The molecule has 0 unspecified atom stereocenters. The number of pyridine rings is 1. The summed E-state index contributed by atoms with van der Waals surface area (Å²) < 4.78 is 16.2. The molecular formula is C23H22N4O4S. The van der Waals surface area contributed by atoms with Gasteiger partial charge in [0.05, 0.1) is 32.7 Å². The van der Waals surface area contributed by atoms with E-state index in [2.05, 4.69) is 20.5 Å². The summed E-state index contributed by atoms with van der Waals surface area (Å²) in [6.07, 6.45) is 1.75. The Bertz CT molecular complexity index is 1200. The van der Waals surface area contributed by atoms with Gasteiger partial charge in [0.25, 0.3) is 5.91 Å². The van der Waals surface area contributed by atoms with Crippen LogP contribution in [0.3, 0.4) is 0 Å². The summed E-state index contributed by atoms with van der Waals surface area (Å²) in [5.41, 5.74) is 4.47. The van der Waals surface area contributed by atoms with E-state index in [9.17, 15) is 4.79 Å². The van der Waals surface area contributed by atoms with Gasteiger partial charge in [0, 0.05) is 29.2 Å². The van der Waals surface area contributed by atoms with Gasteiger partial charge in [0.1, 0.15) is 5.69 Å². The Kier molecular flexibility index (Phi) is 6.37. The molecule has 1 aromatic carbocycles. The number of nitrogens with one attached hydrogen (secondary N) is 2. The van der Waals surface area contributed by atoms with Crippen LogP contribution < -0.4 is 19.5 Å². The van der Waals surface area contributed by atoms with Gasteiger partial charge in [-0.3, -0.25) is 14.9 Å². The predicted molar refractivity (Wildman–Crippen MR) is 122 cm³/mol. The molecule has 0 aliphatic rings. The third kappa shape index (κ3) is 4.28. The smallest absolute Gasteiger partial charge is 0.269 e. The van der Waals surface area contributed by atoms with Crippen LogP contribution in [0.25, 0.3) is 22.5 Å². The molecule has 0 saturated heterocycles. The monoisotopic (exact) mass is 450 g/mol. The second-order valence-corrected chi connectivity index (χ2v) is 7.57. The summed E-state index contributed by atoms with van der Waals surface area (Å²) in [6.45, 7) is 0.344. The molecule has 0 fully saturated rings. The van der Waals surface area contributed by atoms with Crippen molar-refractivity contribution in [2.24, 2.45) is 0 Å². The number of rotatable bonds is 8. The summed E-state index contributed by atoms with van der Waals surface area (Å²) in [7, 11) is 4.64. The Hall–Kier alpha value is -3.85. The molecule has 4 rings (SSSR count). The molecule has 9 heteroatoms. The van der Waals surface area contributed by atoms with Crippen molar-refractivity contribution in [1.82, 2.24) is 20.5 Å². The summed E-state index contributed by atoms with van der Waals surface area (Å²) in [5.74, 6) is 1.24. The highest BCUT2D eigenvalue weighted by Gasteiger charge is 2.17. The first-order chi connectivity index (χ1) is 15.6. The Morgan fingerprint density at radius 1 is 1.06 bits per heavy atom. The molecule has 0 aliphatic carbocycles. The number of methoxy groups -OCH3 is 3. The first kappa shape index (κ1) is 21.4. The fourth-order valence-electron chi connectivity index (χ4n) is 3.33. The van der Waals surface area contributed by atoms with Crippen LogP contribution in [0, 0.1) is 0 Å². The van der Waals surface area contributed by atoms with Crippen LogP contribution in [-0.2, 0) is 6.54 Å². The molecule has 0 spiro atoms. The Morgan fingerprint density at radius 2 is 1.84 bits per heavy atom. The number of ether oxygens (including phenoxy) is 3. The molecule has 1 amide bonds. The van der Waals surface area contributed by atoms with E-state index in [0.717, 1.165) is 22.4 Å². The van der Waals surface area contributed by atoms with Crippen LogP contribution in [0.5, 0.6) is 17.2 Å². The van der Waals surface area contributed by atoms with Crippen molar-refractivity contribution in [1.29, 1.82) is 0 Å². The van der Waals surface area contributed by atoms with Crippen LogP contribution in [0.4, 0.5) is 0 Å². The molecule has 0 radical (unpaired) electrons. The standard InChI is InChI=1S/C23H22N4O4S/c1-29-19-9-16(10-20(30-2)22(19)31-3)17-11-18(27-26-17)23(28)25-12-14-5-4-7-24-21(14)15-6-8-32-13-15/h4-11,13H,12H2,1-3H3,(H,25,28)(H,26,27). The quantitative estimate of drug-likeness (QED) is 0.418. The van der Waals surface area contributed by atoms with Crippen molar-refractivity contribution < 1.29 is 19.0 Å². The number of H-pyrrole nitrogens is 1. The van der Waals surface area contributed by atoms with Crippen molar-refractivity contribution in [3.63, 3.8) is 0 Å². The van der Waals surface area contributed by atoms with E-state index in [4.69, 9.17) is 14.2 Å². The van der Waals surface area contributed by atoms with Crippen molar-refractivity contribution in [2.75, 3.05) is 21.3 Å². The fourth-order valence-corrected chi connectivity index (χ4v) is 3.97. The number of carbonyl (C=O) groups excluding carboxylic acids is 1. The van der Waals surface area contributed by atoms with Crippen molar-refractivity contribution in [2.45, 2.75) is 6.54 Å². The number of aromatic nitrogens is 3. The summed E-state index contributed by atoms with van der Waals surface area (Å²) in [6, 6.07) is 11.1. The van der Waals surface area contributed by atoms with E-state index >= 15 is 0 Å². The van der Waals surface area contributed by atoms with Gasteiger partial charge >= 0.3 is 0 Å². The maximum absolute atomic E-state index is 12.7. The highest BCUT2D eigenvalue weighted by atomic mass is 32.1. The lowest BCUT2D eigenvalue weighted by atomic mass is 10.1. The van der Waals surface area contributed by atoms with Crippen LogP contribution in [0.15, 0.2) is 53.4 Å². The van der Waals surface area contributed by atoms with Gasteiger partial charge < -0.3 is 19.5 Å². The highest BCUT2D eigenvalue weighted by molar-refractivity contribution is 7.08. The first-order valence-electron chi connectivity index (χ1n) is 9.75. The number of amides is 1. The van der Waals surface area contributed by atoms with E-state index in [1.54, 1.807) is 57.1 Å². The topological polar surface area (TPSA) is 98.4 Å². The fraction of sp³-hybridized carbons (Fsp3) is 0.174. The number of nitrogens with zero attached hydrogens (tertiary/aromatic N) is 2. The lowest BCUT2D eigenvalue weighted by molar-refractivity contribution is 0.0946. The van der Waals surface area contributed by atoms with Crippen LogP contribution in [0.1, 0.15) is 16.1 Å². The maximum Gasteiger partial charge on any atom is 0.269 e. The third-order valence-corrected chi connectivity index (χ3v) is 5.59. The van der Waals surface area contributed by atoms with Crippen molar-refractivity contribution in [3.8, 4) is 39.8 Å². The van der Waals surface area contributed by atoms with Gasteiger partial charge in [-0.1, -0.05) is 6.07 Å². The number of benzene rings is 1. The first-order valence-corrected chi connectivity index (χ1v) is 10.7. The zero-order valence-electron chi connectivity index (χ0n) is 17.8. The van der Waals surface area contributed by atoms with Gasteiger partial charge in [0.15, 0.2) is 11.5 Å². The molecule has 2 N–H and O–H groups in total. The predicted octanol–water partition coefficient (Wildman–Crippen LogP) is 4.16. The van der Waals surface area contributed by atoms with Gasteiger partial charge in [-0.15, -0.1) is 0 Å². The lowest BCUT2D eigenvalue weighted by Crippen LogP contribution is -2.23. The molecule has 0 saturated carbocycles. The Balaban J connectivity index is 1.52. The zero-order chi connectivity index (χ0) is 22.5. The van der Waals surface area contributed by atoms with Crippen molar-refractivity contribution >= 4 is 17.2 Å². The summed E-state index contributed by atoms with van der Waals surface area (Å²) in [4.78, 5) is 17.2. The Labute approximate surface area is 189 Å². The minimum atomic E-state index is -0.267. The second-order valence-electron chi connectivity index (χ2n) is 6.79. The largest absolute Gasteiger partial charge is 0.493 e. The SMILES string of the molecule is COc1cc(-c2cc(C(=O)NCc3cccnc3-c3ccsc3)[nH]n2)cc(OC)c1OC. The lowest BCUT2D eigenvalue weighted by Gasteiger charge is -2.13. The molecule has 0 bridgehead atoms. The average Bonchev–Trinajstić information content (AvgIpc) is 3.54. The van der Waals surface area contributed by atoms with Crippen LogP contribution >= 0.6 is 11.3 Å². The van der Waals surface area contributed by atoms with Gasteiger partial charge in [0.2, 0.25) is 5.75 Å². The molecule has 3 heterocycles. The van der Waals surface area contributed by atoms with Crippen molar-refractivity contribution in [3.05, 3.63) is 64.6 Å². The number of carbonyl (C=O) groups is 1. The molecule has 8 nitrogen and oxygen atoms in total. The molecule has 3 aromatic heterocycles. The molecular weight excluding hydrogens is 428 g/mol. The minimum absolute atomic E-state index is 0.267. The Morgan fingerprint density at radius 3 is 2.50 bits per heavy atom. The molecule has 0 aliphatic heterocycles. The number of hydrogen-bond donors (Lipinski definition) is 2. The summed E-state index contributed by atoms with van der Waals surface area (Å²) >= 11 is 1.61. The zero-order valence-corrected chi connectivity index (χ0v) is 18.7. The molecule has 4 aromatic rings. The number of thiophene rings is 1. The number of hydrogen-bond acceptors (Lipinski definition) is 7. The molecule has 164 valence electrons. The van der Waals surface area contributed by atoms with E-state index in [1.165, 1.54) is 0 Å². The third-order valence-electron chi connectivity index (χ3n) is 4.91. The van der Waals surface area contributed by atoms with Gasteiger partial charge in [-0.25, -0.2) is 0 Å². The highest BCUT2D eigenvalue weighted by Crippen LogP contribution is 2.40. The summed E-state index contributed by atoms with van der Waals surface area (Å²) in [5, 5.41) is 14.0. The van der Waals surface area contributed by atoms with E-state index < -0.39 is 0 Å². The number of aromatic amines is 1. The van der Waals surface area contributed by atoms with Crippen LogP contribution in [0.2, 0.25) is 0 Å². The second kappa shape index (κ2) is 9.52. The van der Waals surface area contributed by atoms with Gasteiger partial charge in [-0.2, -0.15) is 16.4 Å². The minimum Gasteiger partial charge on any atom is -0.493 e. The van der Waals surface area contributed by atoms with E-state index in [1.807, 2.05) is 29.0 Å².